The Bertz CT molecular complexity index is 786. The van der Waals surface area contributed by atoms with E-state index in [2.05, 4.69) is 0 Å². The van der Waals surface area contributed by atoms with Gasteiger partial charge in [0.1, 0.15) is 5.82 Å². The van der Waals surface area contributed by atoms with Crippen LogP contribution >= 0.6 is 11.6 Å². The monoisotopic (exact) mass is 319 g/mol. The van der Waals surface area contributed by atoms with Crippen LogP contribution in [0.2, 0.25) is 5.02 Å². The highest BCUT2D eigenvalue weighted by atomic mass is 35.5. The van der Waals surface area contributed by atoms with Crippen LogP contribution in [-0.2, 0) is 4.84 Å². The largest absolute Gasteiger partial charge is 0.365 e. The highest BCUT2D eigenvalue weighted by molar-refractivity contribution is 6.33. The molecule has 1 aliphatic rings. The van der Waals surface area contributed by atoms with Crippen molar-refractivity contribution < 1.29 is 23.6 Å². The van der Waals surface area contributed by atoms with E-state index >= 15 is 0 Å². The molecule has 3 rings (SSSR count). The van der Waals surface area contributed by atoms with Crippen LogP contribution in [0.1, 0.15) is 31.1 Å². The standard InChI is InChI=1S/C15H7ClFNO4/c16-12-6-5-8(17)7-11(12)15(21)22-18-13(19)9-3-1-2-4-10(9)14(18)20/h1-7H. The SMILES string of the molecule is O=C(ON1C(=O)c2ccccc2C1=O)c1cc(F)ccc1Cl. The Labute approximate surface area is 128 Å². The zero-order valence-corrected chi connectivity index (χ0v) is 11.6. The number of rotatable bonds is 2. The lowest BCUT2D eigenvalue weighted by atomic mass is 10.1. The molecule has 5 nitrogen and oxygen atoms in total. The first-order valence-corrected chi connectivity index (χ1v) is 6.52. The second-order valence-corrected chi connectivity index (χ2v) is 4.86. The van der Waals surface area contributed by atoms with Crippen LogP contribution in [0, 0.1) is 5.82 Å². The third-order valence-electron chi connectivity index (χ3n) is 3.08. The van der Waals surface area contributed by atoms with Crippen molar-refractivity contribution in [3.05, 3.63) is 70.0 Å². The van der Waals surface area contributed by atoms with Crippen LogP contribution in [0.3, 0.4) is 0 Å². The molecule has 22 heavy (non-hydrogen) atoms. The first-order valence-electron chi connectivity index (χ1n) is 6.14. The molecule has 0 aliphatic carbocycles. The second-order valence-electron chi connectivity index (χ2n) is 4.45. The van der Waals surface area contributed by atoms with Gasteiger partial charge in [0.05, 0.1) is 21.7 Å². The fraction of sp³-hybridized carbons (Fsp3) is 0. The maximum atomic E-state index is 13.2. The minimum absolute atomic E-state index is 0.0528. The van der Waals surface area contributed by atoms with Gasteiger partial charge in [-0.05, 0) is 30.3 Å². The number of hydroxylamine groups is 2. The third kappa shape index (κ3) is 2.23. The summed E-state index contributed by atoms with van der Waals surface area (Å²) in [7, 11) is 0. The van der Waals surface area contributed by atoms with Gasteiger partial charge in [-0.3, -0.25) is 9.59 Å². The van der Waals surface area contributed by atoms with Crippen LogP contribution < -0.4 is 0 Å². The summed E-state index contributed by atoms with van der Waals surface area (Å²) in [5, 5.41) is 0.289. The van der Waals surface area contributed by atoms with E-state index in [1.54, 1.807) is 12.1 Å². The molecule has 2 amide bonds. The number of carbonyl (C=O) groups excluding carboxylic acids is 3. The van der Waals surface area contributed by atoms with E-state index in [-0.39, 0.29) is 21.7 Å². The van der Waals surface area contributed by atoms with Gasteiger partial charge >= 0.3 is 5.97 Å². The molecule has 0 spiro atoms. The molecule has 0 unspecified atom stereocenters. The van der Waals surface area contributed by atoms with Crippen molar-refractivity contribution in [2.24, 2.45) is 0 Å². The third-order valence-corrected chi connectivity index (χ3v) is 3.41. The van der Waals surface area contributed by atoms with Crippen LogP contribution in [0.15, 0.2) is 42.5 Å². The number of hydrogen-bond donors (Lipinski definition) is 0. The number of carbonyl (C=O) groups is 3. The van der Waals surface area contributed by atoms with Gasteiger partial charge < -0.3 is 4.84 Å². The Morgan fingerprint density at radius 3 is 2.23 bits per heavy atom. The number of hydrogen-bond acceptors (Lipinski definition) is 4. The summed E-state index contributed by atoms with van der Waals surface area (Å²) in [6.07, 6.45) is 0. The lowest BCUT2D eigenvalue weighted by Gasteiger charge is -2.13. The minimum atomic E-state index is -1.10. The average Bonchev–Trinajstić information content (AvgIpc) is 2.75. The number of nitrogens with zero attached hydrogens (tertiary/aromatic N) is 1. The van der Waals surface area contributed by atoms with E-state index in [9.17, 15) is 18.8 Å². The Morgan fingerprint density at radius 2 is 1.64 bits per heavy atom. The molecule has 0 saturated heterocycles. The molecule has 0 radical (unpaired) electrons. The first kappa shape index (κ1) is 14.2. The van der Waals surface area contributed by atoms with E-state index in [4.69, 9.17) is 16.4 Å². The van der Waals surface area contributed by atoms with Gasteiger partial charge in [-0.25, -0.2) is 9.18 Å². The highest BCUT2D eigenvalue weighted by Crippen LogP contribution is 2.24. The zero-order valence-electron chi connectivity index (χ0n) is 10.9. The summed E-state index contributed by atoms with van der Waals surface area (Å²) in [6, 6.07) is 9.16. The lowest BCUT2D eigenvalue weighted by Crippen LogP contribution is -2.32. The van der Waals surface area contributed by atoms with E-state index in [1.165, 1.54) is 18.2 Å². The fourth-order valence-corrected chi connectivity index (χ4v) is 2.23. The van der Waals surface area contributed by atoms with Crippen molar-refractivity contribution in [3.8, 4) is 0 Å². The fourth-order valence-electron chi connectivity index (χ4n) is 2.04. The lowest BCUT2D eigenvalue weighted by molar-refractivity contribution is -0.0584. The molecular formula is C15H7ClFNO4. The average molecular weight is 320 g/mol. The number of imide groups is 1. The van der Waals surface area contributed by atoms with Crippen molar-refractivity contribution in [1.82, 2.24) is 5.06 Å². The predicted molar refractivity (Wildman–Crippen MR) is 73.8 cm³/mol. The quantitative estimate of drug-likeness (QED) is 0.798. The Hall–Kier alpha value is -2.73. The Kier molecular flexibility index (Phi) is 3.38. The van der Waals surface area contributed by atoms with Crippen molar-refractivity contribution in [2.45, 2.75) is 0 Å². The summed E-state index contributed by atoms with van der Waals surface area (Å²) in [5.74, 6) is -3.32. The van der Waals surface area contributed by atoms with Crippen LogP contribution in [-0.4, -0.2) is 22.8 Å². The van der Waals surface area contributed by atoms with Crippen molar-refractivity contribution in [2.75, 3.05) is 0 Å². The minimum Gasteiger partial charge on any atom is -0.324 e. The molecule has 2 aromatic carbocycles. The van der Waals surface area contributed by atoms with Crippen molar-refractivity contribution in [3.63, 3.8) is 0 Å². The highest BCUT2D eigenvalue weighted by Gasteiger charge is 2.39. The van der Waals surface area contributed by atoms with Gasteiger partial charge in [-0.2, -0.15) is 0 Å². The zero-order chi connectivity index (χ0) is 15.9. The molecule has 0 fully saturated rings. The molecule has 1 aliphatic heterocycles. The molecule has 2 aromatic rings. The Morgan fingerprint density at radius 1 is 1.05 bits per heavy atom. The molecule has 0 bridgehead atoms. The van der Waals surface area contributed by atoms with Gasteiger partial charge in [0.15, 0.2) is 0 Å². The summed E-state index contributed by atoms with van der Waals surface area (Å²) in [4.78, 5) is 40.9. The smallest absolute Gasteiger partial charge is 0.324 e. The second kappa shape index (κ2) is 5.23. The maximum Gasteiger partial charge on any atom is 0.365 e. The molecule has 7 heteroatoms. The molecule has 0 N–H and O–H groups in total. The van der Waals surface area contributed by atoms with Gasteiger partial charge in [-0.15, -0.1) is 0 Å². The first-order chi connectivity index (χ1) is 10.5. The van der Waals surface area contributed by atoms with Crippen LogP contribution in [0.5, 0.6) is 0 Å². The summed E-state index contributed by atoms with van der Waals surface area (Å²) in [5.41, 5.74) is -0.0190. The molecule has 110 valence electrons. The summed E-state index contributed by atoms with van der Waals surface area (Å²) < 4.78 is 13.2. The normalized spacial score (nSPS) is 13.3. The molecule has 0 atom stereocenters. The van der Waals surface area contributed by atoms with Gasteiger partial charge in [0.25, 0.3) is 11.8 Å². The van der Waals surface area contributed by atoms with Gasteiger partial charge in [-0.1, -0.05) is 28.8 Å². The van der Waals surface area contributed by atoms with E-state index in [1.807, 2.05) is 0 Å². The number of fused-ring (bicyclic) bond motifs is 1. The Balaban J connectivity index is 1.89. The molecule has 0 saturated carbocycles. The van der Waals surface area contributed by atoms with Crippen LogP contribution in [0.4, 0.5) is 4.39 Å². The summed E-state index contributed by atoms with van der Waals surface area (Å²) in [6.45, 7) is 0. The van der Waals surface area contributed by atoms with E-state index in [0.29, 0.717) is 5.06 Å². The van der Waals surface area contributed by atoms with E-state index in [0.717, 1.165) is 12.1 Å². The van der Waals surface area contributed by atoms with Crippen molar-refractivity contribution >= 4 is 29.4 Å². The van der Waals surface area contributed by atoms with Gasteiger partial charge in [0.2, 0.25) is 0 Å². The molecular weight excluding hydrogens is 313 g/mol. The summed E-state index contributed by atoms with van der Waals surface area (Å²) >= 11 is 5.78. The number of halogens is 2. The molecule has 1 heterocycles. The number of amides is 2. The number of benzene rings is 2. The van der Waals surface area contributed by atoms with Crippen LogP contribution in [0.25, 0.3) is 0 Å². The van der Waals surface area contributed by atoms with Crippen molar-refractivity contribution in [1.29, 1.82) is 0 Å². The predicted octanol–water partition coefficient (Wildman–Crippen LogP) is 2.85. The molecule has 0 aromatic heterocycles. The maximum absolute atomic E-state index is 13.2. The van der Waals surface area contributed by atoms with E-state index < -0.39 is 23.6 Å². The topological polar surface area (TPSA) is 63.7 Å². The van der Waals surface area contributed by atoms with Gasteiger partial charge in [0, 0.05) is 0 Å².